The van der Waals surface area contributed by atoms with Gasteiger partial charge in [0, 0.05) is 12.1 Å². The van der Waals surface area contributed by atoms with E-state index in [-0.39, 0.29) is 5.82 Å². The molecule has 0 unspecified atom stereocenters. The van der Waals surface area contributed by atoms with Gasteiger partial charge in [-0.1, -0.05) is 13.8 Å². The van der Waals surface area contributed by atoms with E-state index in [9.17, 15) is 4.39 Å². The van der Waals surface area contributed by atoms with Gasteiger partial charge in [-0.3, -0.25) is 0 Å². The number of aromatic nitrogens is 3. The molecule has 3 nitrogen and oxygen atoms in total. The first-order valence-corrected chi connectivity index (χ1v) is 5.72. The first-order chi connectivity index (χ1) is 8.08. The molecule has 0 saturated carbocycles. The Kier molecular flexibility index (Phi) is 3.22. The van der Waals surface area contributed by atoms with Crippen LogP contribution in [-0.4, -0.2) is 14.8 Å². The monoisotopic (exact) mass is 233 g/mol. The van der Waals surface area contributed by atoms with E-state index in [0.717, 1.165) is 23.5 Å². The lowest BCUT2D eigenvalue weighted by molar-refractivity contribution is 0.525. The number of nitrogens with zero attached hydrogens (tertiary/aromatic N) is 3. The van der Waals surface area contributed by atoms with Gasteiger partial charge in [0.25, 0.3) is 0 Å². The summed E-state index contributed by atoms with van der Waals surface area (Å²) in [5.41, 5.74) is 1.81. The Labute approximate surface area is 100 Å². The van der Waals surface area contributed by atoms with Crippen molar-refractivity contribution in [1.29, 1.82) is 0 Å². The van der Waals surface area contributed by atoms with E-state index >= 15 is 0 Å². The highest BCUT2D eigenvalue weighted by molar-refractivity contribution is 5.59. The van der Waals surface area contributed by atoms with Crippen LogP contribution in [0.25, 0.3) is 11.4 Å². The topological polar surface area (TPSA) is 30.7 Å². The van der Waals surface area contributed by atoms with Crippen molar-refractivity contribution in [3.63, 3.8) is 0 Å². The number of benzene rings is 1. The summed E-state index contributed by atoms with van der Waals surface area (Å²) >= 11 is 0. The van der Waals surface area contributed by atoms with Crippen LogP contribution >= 0.6 is 0 Å². The minimum Gasteiger partial charge on any atom is -0.313 e. The smallest absolute Gasteiger partial charge is 0.164 e. The predicted octanol–water partition coefficient (Wildman–Crippen LogP) is 3.05. The Morgan fingerprint density at radius 1 is 1.35 bits per heavy atom. The third-order valence-corrected chi connectivity index (χ3v) is 2.61. The third kappa shape index (κ3) is 2.52. The second-order valence-electron chi connectivity index (χ2n) is 4.66. The summed E-state index contributed by atoms with van der Waals surface area (Å²) in [5, 5.41) is 8.05. The molecule has 0 aliphatic heterocycles. The van der Waals surface area contributed by atoms with Crippen molar-refractivity contribution >= 4 is 0 Å². The van der Waals surface area contributed by atoms with Gasteiger partial charge < -0.3 is 4.57 Å². The highest BCUT2D eigenvalue weighted by Crippen LogP contribution is 2.22. The molecule has 0 fully saturated rings. The molecule has 0 saturated heterocycles. The number of aryl methyl sites for hydroxylation is 1. The maximum atomic E-state index is 13.1. The minimum atomic E-state index is -0.221. The summed E-state index contributed by atoms with van der Waals surface area (Å²) < 4.78 is 15.1. The average Bonchev–Trinajstić information content (AvgIpc) is 2.65. The molecule has 0 spiro atoms. The van der Waals surface area contributed by atoms with Crippen molar-refractivity contribution in [1.82, 2.24) is 14.8 Å². The van der Waals surface area contributed by atoms with Gasteiger partial charge in [0.15, 0.2) is 5.82 Å². The molecule has 0 atom stereocenters. The molecule has 0 bridgehead atoms. The van der Waals surface area contributed by atoms with Crippen molar-refractivity contribution in [2.75, 3.05) is 0 Å². The molecule has 0 amide bonds. The van der Waals surface area contributed by atoms with Gasteiger partial charge in [-0.2, -0.15) is 0 Å². The first-order valence-electron chi connectivity index (χ1n) is 5.72. The summed E-state index contributed by atoms with van der Waals surface area (Å²) in [7, 11) is 0. The molecule has 0 N–H and O–H groups in total. The maximum absolute atomic E-state index is 13.1. The third-order valence-electron chi connectivity index (χ3n) is 2.61. The molecule has 2 aromatic rings. The van der Waals surface area contributed by atoms with Crippen molar-refractivity contribution in [3.8, 4) is 11.4 Å². The lowest BCUT2D eigenvalue weighted by Gasteiger charge is -2.10. The van der Waals surface area contributed by atoms with Crippen LogP contribution < -0.4 is 0 Å². The normalized spacial score (nSPS) is 11.1. The Morgan fingerprint density at radius 2 is 2.12 bits per heavy atom. The molecule has 1 heterocycles. The maximum Gasteiger partial charge on any atom is 0.164 e. The molecular formula is C13H16FN3. The summed E-state index contributed by atoms with van der Waals surface area (Å²) in [6.45, 7) is 7.02. The van der Waals surface area contributed by atoms with E-state index < -0.39 is 0 Å². The van der Waals surface area contributed by atoms with Crippen LogP contribution in [0, 0.1) is 18.7 Å². The molecule has 2 rings (SSSR count). The largest absolute Gasteiger partial charge is 0.313 e. The highest BCUT2D eigenvalue weighted by atomic mass is 19.1. The molecule has 0 aliphatic rings. The Hall–Kier alpha value is -1.71. The van der Waals surface area contributed by atoms with Crippen molar-refractivity contribution in [2.24, 2.45) is 5.92 Å². The fourth-order valence-electron chi connectivity index (χ4n) is 1.87. The van der Waals surface area contributed by atoms with E-state index in [1.165, 1.54) is 12.1 Å². The van der Waals surface area contributed by atoms with Gasteiger partial charge in [-0.15, -0.1) is 10.2 Å². The lowest BCUT2D eigenvalue weighted by Crippen LogP contribution is -2.05. The summed E-state index contributed by atoms with van der Waals surface area (Å²) in [5.74, 6) is 1.10. The molecule has 0 radical (unpaired) electrons. The van der Waals surface area contributed by atoms with Crippen molar-refractivity contribution < 1.29 is 4.39 Å². The zero-order valence-electron chi connectivity index (χ0n) is 10.3. The first kappa shape index (κ1) is 11.8. The van der Waals surface area contributed by atoms with Crippen LogP contribution in [-0.2, 0) is 6.54 Å². The SMILES string of the molecule is Cc1cc(F)ccc1-c1nncn1CC(C)C. The predicted molar refractivity (Wildman–Crippen MR) is 65.0 cm³/mol. The molecule has 1 aromatic heterocycles. The Balaban J connectivity index is 2.42. The summed E-state index contributed by atoms with van der Waals surface area (Å²) in [6, 6.07) is 4.73. The van der Waals surface area contributed by atoms with Gasteiger partial charge in [0.05, 0.1) is 0 Å². The zero-order chi connectivity index (χ0) is 12.4. The van der Waals surface area contributed by atoms with Crippen LogP contribution in [0.15, 0.2) is 24.5 Å². The minimum absolute atomic E-state index is 0.221. The van der Waals surface area contributed by atoms with Gasteiger partial charge in [-0.05, 0) is 36.6 Å². The Bertz CT molecular complexity index is 517. The second kappa shape index (κ2) is 4.65. The van der Waals surface area contributed by atoms with Crippen molar-refractivity contribution in [2.45, 2.75) is 27.3 Å². The van der Waals surface area contributed by atoms with Gasteiger partial charge in [0.2, 0.25) is 0 Å². The molecule has 90 valence electrons. The molecular weight excluding hydrogens is 217 g/mol. The van der Waals surface area contributed by atoms with Gasteiger partial charge in [-0.25, -0.2) is 4.39 Å². The van der Waals surface area contributed by atoms with Crippen LogP contribution in [0.5, 0.6) is 0 Å². The van der Waals surface area contributed by atoms with E-state index in [2.05, 4.69) is 24.0 Å². The van der Waals surface area contributed by atoms with E-state index in [1.807, 2.05) is 11.5 Å². The van der Waals surface area contributed by atoms with Crippen LogP contribution in [0.4, 0.5) is 4.39 Å². The zero-order valence-corrected chi connectivity index (χ0v) is 10.3. The molecule has 1 aromatic carbocycles. The van der Waals surface area contributed by atoms with Gasteiger partial charge >= 0.3 is 0 Å². The lowest BCUT2D eigenvalue weighted by atomic mass is 10.1. The summed E-state index contributed by atoms with van der Waals surface area (Å²) in [6.07, 6.45) is 1.72. The fourth-order valence-corrected chi connectivity index (χ4v) is 1.87. The van der Waals surface area contributed by atoms with E-state index in [4.69, 9.17) is 0 Å². The Morgan fingerprint density at radius 3 is 2.76 bits per heavy atom. The van der Waals surface area contributed by atoms with E-state index in [1.54, 1.807) is 12.4 Å². The average molecular weight is 233 g/mol. The van der Waals surface area contributed by atoms with Crippen molar-refractivity contribution in [3.05, 3.63) is 35.9 Å². The quantitative estimate of drug-likeness (QED) is 0.815. The van der Waals surface area contributed by atoms with E-state index in [0.29, 0.717) is 5.92 Å². The number of rotatable bonds is 3. The highest BCUT2D eigenvalue weighted by Gasteiger charge is 2.11. The second-order valence-corrected chi connectivity index (χ2v) is 4.66. The fraction of sp³-hybridized carbons (Fsp3) is 0.385. The molecule has 0 aliphatic carbocycles. The number of halogens is 1. The molecule has 4 heteroatoms. The molecule has 17 heavy (non-hydrogen) atoms. The van der Waals surface area contributed by atoms with Crippen LogP contribution in [0.2, 0.25) is 0 Å². The number of hydrogen-bond acceptors (Lipinski definition) is 2. The summed E-state index contributed by atoms with van der Waals surface area (Å²) in [4.78, 5) is 0. The standard InChI is InChI=1S/C13H16FN3/c1-9(2)7-17-8-15-16-13(17)12-5-4-11(14)6-10(12)3/h4-6,8-9H,7H2,1-3H3. The number of hydrogen-bond donors (Lipinski definition) is 0. The van der Waals surface area contributed by atoms with Crippen LogP contribution in [0.3, 0.4) is 0 Å². The van der Waals surface area contributed by atoms with Gasteiger partial charge in [0.1, 0.15) is 12.1 Å². The van der Waals surface area contributed by atoms with Crippen LogP contribution in [0.1, 0.15) is 19.4 Å².